The van der Waals surface area contributed by atoms with E-state index in [-0.39, 0.29) is 12.6 Å². The Labute approximate surface area is 144 Å². The van der Waals surface area contributed by atoms with Crippen LogP contribution >= 0.6 is 15.9 Å². The molecule has 1 aliphatic rings. The number of carbonyl (C=O) groups excluding carboxylic acids is 1. The first-order chi connectivity index (χ1) is 10.7. The molecule has 0 aliphatic carbocycles. The van der Waals surface area contributed by atoms with Gasteiger partial charge in [0, 0.05) is 43.1 Å². The number of aromatic nitrogens is 1. The summed E-state index contributed by atoms with van der Waals surface area (Å²) in [6, 6.07) is 1.85. The molecule has 0 atom stereocenters. The SMILES string of the molecule is CC(C)(C)OC(=O)N1CCC(F)(CNc2cncc(Br)c2)CC1. The number of ether oxygens (including phenoxy) is 1. The van der Waals surface area contributed by atoms with Crippen LogP contribution in [0.15, 0.2) is 22.9 Å². The van der Waals surface area contributed by atoms with Crippen LogP contribution < -0.4 is 5.32 Å². The van der Waals surface area contributed by atoms with Gasteiger partial charge in [-0.25, -0.2) is 9.18 Å². The second kappa shape index (κ2) is 7.03. The fraction of sp³-hybridized carbons (Fsp3) is 0.625. The van der Waals surface area contributed by atoms with Gasteiger partial charge in [-0.15, -0.1) is 0 Å². The molecule has 0 radical (unpaired) electrons. The third kappa shape index (κ3) is 5.64. The van der Waals surface area contributed by atoms with Gasteiger partial charge < -0.3 is 15.0 Å². The summed E-state index contributed by atoms with van der Waals surface area (Å²) in [5.41, 5.74) is -1.09. The molecule has 23 heavy (non-hydrogen) atoms. The van der Waals surface area contributed by atoms with Crippen LogP contribution in [0.25, 0.3) is 0 Å². The number of anilines is 1. The Balaban J connectivity index is 1.83. The van der Waals surface area contributed by atoms with Crippen LogP contribution in [-0.4, -0.2) is 46.9 Å². The van der Waals surface area contributed by atoms with Crippen molar-refractivity contribution < 1.29 is 13.9 Å². The summed E-state index contributed by atoms with van der Waals surface area (Å²) in [6.07, 6.45) is 3.55. The number of likely N-dealkylation sites (tertiary alicyclic amines) is 1. The maximum Gasteiger partial charge on any atom is 0.410 e. The largest absolute Gasteiger partial charge is 0.444 e. The molecule has 7 heteroatoms. The average Bonchev–Trinajstić information content (AvgIpc) is 2.44. The van der Waals surface area contributed by atoms with Crippen molar-refractivity contribution in [1.29, 1.82) is 0 Å². The third-order valence-corrected chi connectivity index (χ3v) is 4.06. The third-order valence-electron chi connectivity index (χ3n) is 3.63. The lowest BCUT2D eigenvalue weighted by Crippen LogP contribution is -2.48. The van der Waals surface area contributed by atoms with Gasteiger partial charge in [-0.1, -0.05) is 0 Å². The Hall–Kier alpha value is -1.37. The first-order valence-corrected chi connectivity index (χ1v) is 8.47. The van der Waals surface area contributed by atoms with Crippen molar-refractivity contribution in [2.75, 3.05) is 25.0 Å². The predicted molar refractivity (Wildman–Crippen MR) is 91.3 cm³/mol. The van der Waals surface area contributed by atoms with Crippen LogP contribution in [0.1, 0.15) is 33.6 Å². The molecule has 2 rings (SSSR count). The highest BCUT2D eigenvalue weighted by Crippen LogP contribution is 2.28. The number of carbonyl (C=O) groups is 1. The van der Waals surface area contributed by atoms with Crippen molar-refractivity contribution in [3.63, 3.8) is 0 Å². The monoisotopic (exact) mass is 387 g/mol. The standard InChI is InChI=1S/C16H23BrFN3O2/c1-15(2,3)23-14(22)21-6-4-16(18,5-7-21)11-20-13-8-12(17)9-19-10-13/h8-10,20H,4-7,11H2,1-3H3. The Bertz CT molecular complexity index is 555. The van der Waals surface area contributed by atoms with Crippen LogP contribution in [0.5, 0.6) is 0 Å². The molecule has 0 aromatic carbocycles. The first kappa shape index (κ1) is 18.0. The lowest BCUT2D eigenvalue weighted by molar-refractivity contribution is 0.00576. The summed E-state index contributed by atoms with van der Waals surface area (Å²) < 4.78 is 21.0. The molecule has 0 unspecified atom stereocenters. The summed E-state index contributed by atoms with van der Waals surface area (Å²) in [6.45, 7) is 6.40. The summed E-state index contributed by atoms with van der Waals surface area (Å²) in [7, 11) is 0. The van der Waals surface area contributed by atoms with E-state index in [2.05, 4.69) is 26.2 Å². The van der Waals surface area contributed by atoms with E-state index in [9.17, 15) is 9.18 Å². The van der Waals surface area contributed by atoms with Gasteiger partial charge in [0.05, 0.1) is 11.9 Å². The Morgan fingerprint density at radius 2 is 2.09 bits per heavy atom. The smallest absolute Gasteiger partial charge is 0.410 e. The molecule has 1 fully saturated rings. The normalized spacial score (nSPS) is 17.7. The van der Waals surface area contributed by atoms with Gasteiger partial charge in [-0.2, -0.15) is 0 Å². The van der Waals surface area contributed by atoms with E-state index in [1.807, 2.05) is 26.8 Å². The number of hydrogen-bond donors (Lipinski definition) is 1. The average molecular weight is 388 g/mol. The number of hydrogen-bond acceptors (Lipinski definition) is 4. The van der Waals surface area contributed by atoms with Crippen molar-refractivity contribution >= 4 is 27.7 Å². The van der Waals surface area contributed by atoms with Crippen molar-refractivity contribution in [3.8, 4) is 0 Å². The lowest BCUT2D eigenvalue weighted by atomic mass is 9.93. The molecule has 1 saturated heterocycles. The second-order valence-electron chi connectivity index (χ2n) is 6.86. The molecule has 1 aliphatic heterocycles. The Kier molecular flexibility index (Phi) is 5.49. The van der Waals surface area contributed by atoms with Crippen molar-refractivity contribution in [2.24, 2.45) is 0 Å². The van der Waals surface area contributed by atoms with Gasteiger partial charge >= 0.3 is 6.09 Å². The highest BCUT2D eigenvalue weighted by Gasteiger charge is 2.37. The number of alkyl halides is 1. The minimum Gasteiger partial charge on any atom is -0.444 e. The first-order valence-electron chi connectivity index (χ1n) is 7.68. The van der Waals surface area contributed by atoms with E-state index in [1.54, 1.807) is 17.3 Å². The molecular formula is C16H23BrFN3O2. The van der Waals surface area contributed by atoms with Gasteiger partial charge in [0.2, 0.25) is 0 Å². The molecule has 0 spiro atoms. The van der Waals surface area contributed by atoms with Crippen LogP contribution in [-0.2, 0) is 4.74 Å². The van der Waals surface area contributed by atoms with Crippen LogP contribution in [0, 0.1) is 0 Å². The Morgan fingerprint density at radius 1 is 1.43 bits per heavy atom. The summed E-state index contributed by atoms with van der Waals surface area (Å²) >= 11 is 3.33. The maximum atomic E-state index is 14.9. The number of piperidine rings is 1. The van der Waals surface area contributed by atoms with Crippen LogP contribution in [0.3, 0.4) is 0 Å². The zero-order valence-corrected chi connectivity index (χ0v) is 15.3. The molecule has 1 amide bonds. The van der Waals surface area contributed by atoms with E-state index in [4.69, 9.17) is 4.74 Å². The molecule has 1 N–H and O–H groups in total. The lowest BCUT2D eigenvalue weighted by Gasteiger charge is -2.37. The van der Waals surface area contributed by atoms with Gasteiger partial charge in [0.1, 0.15) is 11.3 Å². The maximum absolute atomic E-state index is 14.9. The van der Waals surface area contributed by atoms with E-state index < -0.39 is 11.3 Å². The van der Waals surface area contributed by atoms with Crippen LogP contribution in [0.4, 0.5) is 14.9 Å². The second-order valence-corrected chi connectivity index (χ2v) is 7.78. The van der Waals surface area contributed by atoms with Crippen molar-refractivity contribution in [2.45, 2.75) is 44.9 Å². The number of pyridine rings is 1. The van der Waals surface area contributed by atoms with Crippen molar-refractivity contribution in [1.82, 2.24) is 9.88 Å². The quantitative estimate of drug-likeness (QED) is 0.851. The molecule has 1 aromatic rings. The van der Waals surface area contributed by atoms with E-state index in [1.165, 1.54) is 0 Å². The fourth-order valence-corrected chi connectivity index (χ4v) is 2.73. The summed E-state index contributed by atoms with van der Waals surface area (Å²) in [5, 5.41) is 3.08. The summed E-state index contributed by atoms with van der Waals surface area (Å²) in [5.74, 6) is 0. The molecule has 2 heterocycles. The molecular weight excluding hydrogens is 365 g/mol. The van der Waals surface area contributed by atoms with Crippen molar-refractivity contribution in [3.05, 3.63) is 22.9 Å². The van der Waals surface area contributed by atoms with Gasteiger partial charge in [-0.05, 0) is 42.8 Å². The zero-order valence-electron chi connectivity index (χ0n) is 13.7. The predicted octanol–water partition coefficient (Wildman–Crippen LogP) is 4.00. The highest BCUT2D eigenvalue weighted by atomic mass is 79.9. The number of nitrogens with zero attached hydrogens (tertiary/aromatic N) is 2. The van der Waals surface area contributed by atoms with E-state index in [0.29, 0.717) is 25.9 Å². The van der Waals surface area contributed by atoms with Gasteiger partial charge in [0.15, 0.2) is 0 Å². The number of nitrogens with one attached hydrogen (secondary N) is 1. The van der Waals surface area contributed by atoms with Crippen LogP contribution in [0.2, 0.25) is 0 Å². The van der Waals surface area contributed by atoms with Gasteiger partial charge in [0.25, 0.3) is 0 Å². The Morgan fingerprint density at radius 3 is 2.65 bits per heavy atom. The topological polar surface area (TPSA) is 54.5 Å². The number of amides is 1. The molecule has 0 bridgehead atoms. The number of rotatable bonds is 3. The van der Waals surface area contributed by atoms with E-state index >= 15 is 0 Å². The zero-order chi connectivity index (χ0) is 17.1. The molecule has 1 aromatic heterocycles. The fourth-order valence-electron chi connectivity index (χ4n) is 2.36. The molecule has 128 valence electrons. The molecule has 5 nitrogen and oxygen atoms in total. The summed E-state index contributed by atoms with van der Waals surface area (Å²) in [4.78, 5) is 17.6. The van der Waals surface area contributed by atoms with Gasteiger partial charge in [-0.3, -0.25) is 4.98 Å². The highest BCUT2D eigenvalue weighted by molar-refractivity contribution is 9.10. The number of halogens is 2. The molecule has 0 saturated carbocycles. The minimum atomic E-state index is -1.33. The minimum absolute atomic E-state index is 0.202. The van der Waals surface area contributed by atoms with E-state index in [0.717, 1.165) is 10.2 Å².